The second-order valence-corrected chi connectivity index (χ2v) is 13.8. The minimum Gasteiger partial charge on any atom is -0.494 e. The lowest BCUT2D eigenvalue weighted by atomic mass is 10.0. The molecule has 0 unspecified atom stereocenters. The van der Waals surface area contributed by atoms with Crippen LogP contribution in [0.3, 0.4) is 0 Å². The van der Waals surface area contributed by atoms with Gasteiger partial charge in [0.1, 0.15) is 24.2 Å². The first kappa shape index (κ1) is 37.7. The Bertz CT molecular complexity index is 1820. The second-order valence-electron chi connectivity index (χ2n) is 11.9. The van der Waals surface area contributed by atoms with Crippen LogP contribution in [0.1, 0.15) is 31.9 Å². The molecule has 4 aromatic carbocycles. The molecule has 0 spiro atoms. The predicted octanol–water partition coefficient (Wildman–Crippen LogP) is 5.85. The molecule has 0 aromatic heterocycles. The Hall–Kier alpha value is -5.10. The van der Waals surface area contributed by atoms with E-state index in [9.17, 15) is 22.4 Å². The van der Waals surface area contributed by atoms with E-state index < -0.39 is 40.2 Å². The third-order valence-electron chi connectivity index (χ3n) is 7.88. The number of rotatable bonds is 17. The van der Waals surface area contributed by atoms with Crippen molar-refractivity contribution in [1.82, 2.24) is 10.2 Å². The smallest absolute Gasteiger partial charge is 0.264 e. The van der Waals surface area contributed by atoms with Gasteiger partial charge in [-0.1, -0.05) is 56.3 Å². The van der Waals surface area contributed by atoms with Crippen LogP contribution in [-0.2, 0) is 32.6 Å². The summed E-state index contributed by atoms with van der Waals surface area (Å²) in [6, 6.07) is 24.4. The van der Waals surface area contributed by atoms with Gasteiger partial charge in [-0.2, -0.15) is 0 Å². The lowest BCUT2D eigenvalue weighted by Gasteiger charge is -2.34. The third-order valence-corrected chi connectivity index (χ3v) is 9.65. The van der Waals surface area contributed by atoms with E-state index in [0.717, 1.165) is 9.87 Å². The molecule has 10 nitrogen and oxygen atoms in total. The number of methoxy groups -OCH3 is 2. The Morgan fingerprint density at radius 1 is 0.840 bits per heavy atom. The Morgan fingerprint density at radius 2 is 1.50 bits per heavy atom. The standard InChI is InChI=1S/C38H44FN3O7S/c1-6-49-32-18-16-31(17-19-32)42(50(45,46)33-20-21-35(47-4)36(23-33)48-5)26-37(43)41(25-29-12-14-30(39)15-13-29)34(38(44)40-24-27(2)3)22-28-10-8-7-9-11-28/h7-21,23,27,34H,6,22,24-26H2,1-5H3,(H,40,44)/t34-/m1/s1. The summed E-state index contributed by atoms with van der Waals surface area (Å²) < 4.78 is 60.1. The number of nitrogens with one attached hydrogen (secondary N) is 1. The summed E-state index contributed by atoms with van der Waals surface area (Å²) >= 11 is 0. The molecule has 266 valence electrons. The monoisotopic (exact) mass is 705 g/mol. The van der Waals surface area contributed by atoms with Crippen molar-refractivity contribution >= 4 is 27.5 Å². The molecule has 0 aliphatic carbocycles. The zero-order chi connectivity index (χ0) is 36.3. The fraction of sp³-hybridized carbons (Fsp3) is 0.316. The van der Waals surface area contributed by atoms with Gasteiger partial charge in [-0.15, -0.1) is 0 Å². The number of halogens is 1. The summed E-state index contributed by atoms with van der Waals surface area (Å²) in [4.78, 5) is 29.8. The van der Waals surface area contributed by atoms with Crippen molar-refractivity contribution in [3.63, 3.8) is 0 Å². The molecule has 2 amide bonds. The maximum atomic E-state index is 14.6. The summed E-state index contributed by atoms with van der Waals surface area (Å²) in [6.45, 7) is 5.79. The molecule has 1 atom stereocenters. The molecular weight excluding hydrogens is 661 g/mol. The number of hydrogen-bond acceptors (Lipinski definition) is 7. The van der Waals surface area contributed by atoms with Gasteiger partial charge in [0, 0.05) is 25.6 Å². The molecule has 4 aromatic rings. The highest BCUT2D eigenvalue weighted by atomic mass is 32.2. The van der Waals surface area contributed by atoms with Crippen LogP contribution >= 0.6 is 0 Å². The van der Waals surface area contributed by atoms with Crippen LogP contribution in [-0.4, -0.2) is 65.1 Å². The number of nitrogens with zero attached hydrogens (tertiary/aromatic N) is 2. The van der Waals surface area contributed by atoms with Crippen molar-refractivity contribution in [3.8, 4) is 17.2 Å². The summed E-state index contributed by atoms with van der Waals surface area (Å²) in [6.07, 6.45) is 0.156. The van der Waals surface area contributed by atoms with Crippen molar-refractivity contribution in [3.05, 3.63) is 114 Å². The van der Waals surface area contributed by atoms with E-state index in [0.29, 0.717) is 30.2 Å². The van der Waals surface area contributed by atoms with Crippen LogP contribution in [0.4, 0.5) is 10.1 Å². The molecule has 1 N–H and O–H groups in total. The van der Waals surface area contributed by atoms with Crippen molar-refractivity contribution in [2.24, 2.45) is 5.92 Å². The number of benzene rings is 4. The van der Waals surface area contributed by atoms with E-state index in [-0.39, 0.29) is 35.2 Å². The molecule has 0 radical (unpaired) electrons. The van der Waals surface area contributed by atoms with Crippen LogP contribution in [0.25, 0.3) is 0 Å². The summed E-state index contributed by atoms with van der Waals surface area (Å²) in [7, 11) is -1.58. The van der Waals surface area contributed by atoms with Crippen molar-refractivity contribution < 1.29 is 36.6 Å². The lowest BCUT2D eigenvalue weighted by molar-refractivity contribution is -0.140. The van der Waals surface area contributed by atoms with Gasteiger partial charge in [-0.3, -0.25) is 13.9 Å². The zero-order valence-electron chi connectivity index (χ0n) is 29.0. The van der Waals surface area contributed by atoms with Gasteiger partial charge >= 0.3 is 0 Å². The normalized spacial score (nSPS) is 11.8. The highest BCUT2D eigenvalue weighted by molar-refractivity contribution is 7.92. The van der Waals surface area contributed by atoms with Crippen LogP contribution in [0.5, 0.6) is 17.2 Å². The molecule has 0 heterocycles. The van der Waals surface area contributed by atoms with Gasteiger partial charge < -0.3 is 24.4 Å². The van der Waals surface area contributed by atoms with E-state index in [4.69, 9.17) is 14.2 Å². The average molecular weight is 706 g/mol. The van der Waals surface area contributed by atoms with Crippen LogP contribution in [0.2, 0.25) is 0 Å². The quantitative estimate of drug-likeness (QED) is 0.147. The van der Waals surface area contributed by atoms with Crippen molar-refractivity contribution in [2.45, 2.75) is 44.7 Å². The Labute approximate surface area is 293 Å². The fourth-order valence-electron chi connectivity index (χ4n) is 5.27. The highest BCUT2D eigenvalue weighted by Crippen LogP contribution is 2.33. The summed E-state index contributed by atoms with van der Waals surface area (Å²) in [5.41, 5.74) is 1.56. The molecule has 50 heavy (non-hydrogen) atoms. The maximum absolute atomic E-state index is 14.6. The minimum atomic E-state index is -4.41. The molecule has 0 aliphatic heterocycles. The molecule has 0 aliphatic rings. The first-order chi connectivity index (χ1) is 24.0. The summed E-state index contributed by atoms with van der Waals surface area (Å²) in [5, 5.41) is 2.95. The first-order valence-corrected chi connectivity index (χ1v) is 17.7. The van der Waals surface area contributed by atoms with Gasteiger partial charge in [0.05, 0.1) is 31.4 Å². The van der Waals surface area contributed by atoms with E-state index in [1.54, 1.807) is 24.3 Å². The number of hydrogen-bond donors (Lipinski definition) is 1. The van der Waals surface area contributed by atoms with Crippen LogP contribution < -0.4 is 23.8 Å². The van der Waals surface area contributed by atoms with Gasteiger partial charge in [-0.25, -0.2) is 12.8 Å². The molecule has 0 saturated carbocycles. The number of sulfonamides is 1. The molecule has 0 saturated heterocycles. The van der Waals surface area contributed by atoms with Gasteiger partial charge in [0.15, 0.2) is 11.5 Å². The second kappa shape index (κ2) is 17.5. The molecule has 12 heteroatoms. The van der Waals surface area contributed by atoms with Gasteiger partial charge in [0.25, 0.3) is 10.0 Å². The van der Waals surface area contributed by atoms with Crippen molar-refractivity contribution in [2.75, 3.05) is 38.2 Å². The number of carbonyl (C=O) groups excluding carboxylic acids is 2. The lowest BCUT2D eigenvalue weighted by Crippen LogP contribution is -2.53. The predicted molar refractivity (Wildman–Crippen MR) is 190 cm³/mol. The molecular formula is C38H44FN3O7S. The van der Waals surface area contributed by atoms with E-state index in [2.05, 4.69) is 5.32 Å². The fourth-order valence-corrected chi connectivity index (χ4v) is 6.70. The number of amides is 2. The topological polar surface area (TPSA) is 114 Å². The van der Waals surface area contributed by atoms with Crippen LogP contribution in [0, 0.1) is 11.7 Å². The highest BCUT2D eigenvalue weighted by Gasteiger charge is 2.35. The maximum Gasteiger partial charge on any atom is 0.264 e. The van der Waals surface area contributed by atoms with E-state index in [1.807, 2.05) is 51.1 Å². The van der Waals surface area contributed by atoms with E-state index >= 15 is 0 Å². The Balaban J connectivity index is 1.83. The number of anilines is 1. The Morgan fingerprint density at radius 3 is 2.10 bits per heavy atom. The number of ether oxygens (including phenoxy) is 3. The van der Waals surface area contributed by atoms with Crippen molar-refractivity contribution in [1.29, 1.82) is 0 Å². The number of carbonyl (C=O) groups is 2. The summed E-state index contributed by atoms with van der Waals surface area (Å²) in [5.74, 6) is -0.315. The molecule has 0 bridgehead atoms. The third kappa shape index (κ3) is 9.75. The minimum absolute atomic E-state index is 0.0841. The molecule has 4 rings (SSSR count). The SMILES string of the molecule is CCOc1ccc(N(CC(=O)N(Cc2ccc(F)cc2)[C@H](Cc2ccccc2)C(=O)NCC(C)C)S(=O)(=O)c2ccc(OC)c(OC)c2)cc1. The average Bonchev–Trinajstić information content (AvgIpc) is 3.12. The van der Waals surface area contributed by atoms with E-state index in [1.165, 1.54) is 61.6 Å². The van der Waals surface area contributed by atoms with Crippen LogP contribution in [0.15, 0.2) is 102 Å². The molecule has 0 fully saturated rings. The van der Waals surface area contributed by atoms with Gasteiger partial charge in [-0.05, 0) is 72.5 Å². The first-order valence-electron chi connectivity index (χ1n) is 16.3. The Kier molecular flexibility index (Phi) is 13.2. The van der Waals surface area contributed by atoms with Gasteiger partial charge in [0.2, 0.25) is 11.8 Å². The largest absolute Gasteiger partial charge is 0.494 e. The zero-order valence-corrected chi connectivity index (χ0v) is 29.8.